The molecule has 0 aromatic carbocycles. The van der Waals surface area contributed by atoms with Gasteiger partial charge in [-0.1, -0.05) is 0 Å². The van der Waals surface area contributed by atoms with Gasteiger partial charge in [-0.15, -0.1) is 0 Å². The van der Waals surface area contributed by atoms with E-state index in [1.54, 1.807) is 4.90 Å². The molecule has 2 fully saturated rings. The number of aromatic nitrogens is 2. The Morgan fingerprint density at radius 3 is 2.68 bits per heavy atom. The summed E-state index contributed by atoms with van der Waals surface area (Å²) >= 11 is 0. The summed E-state index contributed by atoms with van der Waals surface area (Å²) in [6.07, 6.45) is 4.88. The molecule has 2 atom stereocenters. The fourth-order valence-electron chi connectivity index (χ4n) is 4.15. The molecule has 2 aliphatic rings. The van der Waals surface area contributed by atoms with Crippen molar-refractivity contribution in [2.24, 2.45) is 11.7 Å². The molecule has 0 aliphatic carbocycles. The minimum absolute atomic E-state index is 0.123. The number of likely N-dealkylation sites (tertiary alicyclic amines) is 2. The van der Waals surface area contributed by atoms with Crippen LogP contribution in [-0.2, 0) is 11.3 Å². The number of nitrogens with zero attached hydrogens (tertiary/aromatic N) is 4. The molecule has 2 saturated heterocycles. The van der Waals surface area contributed by atoms with Gasteiger partial charge in [0.25, 0.3) is 0 Å². The molecule has 3 rings (SSSR count). The average Bonchev–Trinajstić information content (AvgIpc) is 2.92. The highest BCUT2D eigenvalue weighted by Gasteiger charge is 2.35. The molecular weight excluding hydrogens is 318 g/mol. The van der Waals surface area contributed by atoms with E-state index in [4.69, 9.17) is 5.73 Å². The Morgan fingerprint density at radius 1 is 1.20 bits per heavy atom. The summed E-state index contributed by atoms with van der Waals surface area (Å²) in [6, 6.07) is 1.83. The second-order valence-electron chi connectivity index (χ2n) is 7.41. The van der Waals surface area contributed by atoms with Gasteiger partial charge >= 0.3 is 6.03 Å². The maximum atomic E-state index is 13.1. The van der Waals surface area contributed by atoms with Crippen LogP contribution in [0.4, 0.5) is 4.79 Å². The fraction of sp³-hybridized carbons (Fsp3) is 0.722. The van der Waals surface area contributed by atoms with Crippen molar-refractivity contribution in [1.29, 1.82) is 0 Å². The van der Waals surface area contributed by atoms with Gasteiger partial charge in [-0.3, -0.25) is 9.48 Å². The number of rotatable bonds is 3. The van der Waals surface area contributed by atoms with Crippen LogP contribution in [0, 0.1) is 19.8 Å². The Labute approximate surface area is 149 Å². The first-order valence-corrected chi connectivity index (χ1v) is 9.31. The van der Waals surface area contributed by atoms with E-state index >= 15 is 0 Å². The lowest BCUT2D eigenvalue weighted by molar-refractivity contribution is -0.141. The zero-order valence-electron chi connectivity index (χ0n) is 15.3. The number of aryl methyl sites for hydroxylation is 2. The predicted molar refractivity (Wildman–Crippen MR) is 94.9 cm³/mol. The van der Waals surface area contributed by atoms with Crippen LogP contribution in [0.2, 0.25) is 0 Å². The number of nitrogens with two attached hydrogens (primary N) is 1. The van der Waals surface area contributed by atoms with Crippen LogP contribution in [0.15, 0.2) is 6.07 Å². The minimum Gasteiger partial charge on any atom is -0.351 e. The molecule has 3 amide bonds. The van der Waals surface area contributed by atoms with Crippen LogP contribution in [0.1, 0.15) is 43.5 Å². The molecule has 2 N–H and O–H groups in total. The van der Waals surface area contributed by atoms with Gasteiger partial charge in [0.2, 0.25) is 5.91 Å². The highest BCUT2D eigenvalue weighted by molar-refractivity contribution is 5.81. The van der Waals surface area contributed by atoms with E-state index in [9.17, 15) is 9.59 Å². The van der Waals surface area contributed by atoms with E-state index in [-0.39, 0.29) is 17.9 Å². The summed E-state index contributed by atoms with van der Waals surface area (Å²) in [5, 5.41) is 4.56. The van der Waals surface area contributed by atoms with Crippen molar-refractivity contribution in [2.45, 2.75) is 58.5 Å². The van der Waals surface area contributed by atoms with Crippen molar-refractivity contribution >= 4 is 11.9 Å². The highest BCUT2D eigenvalue weighted by atomic mass is 16.2. The Kier molecular flexibility index (Phi) is 5.30. The maximum Gasteiger partial charge on any atom is 0.314 e. The lowest BCUT2D eigenvalue weighted by atomic mass is 9.93. The van der Waals surface area contributed by atoms with E-state index < -0.39 is 6.03 Å². The van der Waals surface area contributed by atoms with Crippen molar-refractivity contribution in [3.63, 3.8) is 0 Å². The highest BCUT2D eigenvalue weighted by Crippen LogP contribution is 2.25. The first-order chi connectivity index (χ1) is 12.0. The fourth-order valence-corrected chi connectivity index (χ4v) is 4.15. The van der Waals surface area contributed by atoms with Crippen LogP contribution < -0.4 is 5.73 Å². The Balaban J connectivity index is 1.70. The summed E-state index contributed by atoms with van der Waals surface area (Å²) in [7, 11) is 0. The molecule has 25 heavy (non-hydrogen) atoms. The molecule has 7 nitrogen and oxygen atoms in total. The average molecular weight is 347 g/mol. The number of hydrogen-bond acceptors (Lipinski definition) is 3. The van der Waals surface area contributed by atoms with E-state index in [2.05, 4.69) is 18.1 Å². The summed E-state index contributed by atoms with van der Waals surface area (Å²) in [5.41, 5.74) is 7.55. The lowest BCUT2D eigenvalue weighted by Crippen LogP contribution is -2.52. The Morgan fingerprint density at radius 2 is 2.00 bits per heavy atom. The van der Waals surface area contributed by atoms with Gasteiger partial charge in [0, 0.05) is 25.3 Å². The third kappa shape index (κ3) is 3.96. The summed E-state index contributed by atoms with van der Waals surface area (Å²) in [5.74, 6) is 0.0551. The zero-order chi connectivity index (χ0) is 18.0. The largest absolute Gasteiger partial charge is 0.351 e. The number of carbonyl (C=O) groups is 2. The molecule has 2 unspecified atom stereocenters. The van der Waals surface area contributed by atoms with Crippen LogP contribution in [0.25, 0.3) is 0 Å². The molecule has 3 heterocycles. The van der Waals surface area contributed by atoms with Crippen LogP contribution in [0.3, 0.4) is 0 Å². The second kappa shape index (κ2) is 7.45. The summed E-state index contributed by atoms with van der Waals surface area (Å²) in [6.45, 7) is 6.72. The molecule has 1 aromatic heterocycles. The Bertz CT molecular complexity index is 641. The van der Waals surface area contributed by atoms with Crippen molar-refractivity contribution in [3.8, 4) is 0 Å². The maximum absolute atomic E-state index is 13.1. The van der Waals surface area contributed by atoms with Crippen molar-refractivity contribution in [1.82, 2.24) is 19.6 Å². The molecule has 7 heteroatoms. The van der Waals surface area contributed by atoms with E-state index in [1.165, 1.54) is 0 Å². The molecule has 0 bridgehead atoms. The first kappa shape index (κ1) is 17.8. The van der Waals surface area contributed by atoms with Crippen molar-refractivity contribution in [3.05, 3.63) is 17.5 Å². The predicted octanol–water partition coefficient (Wildman–Crippen LogP) is 1.67. The van der Waals surface area contributed by atoms with Gasteiger partial charge in [-0.25, -0.2) is 4.79 Å². The first-order valence-electron chi connectivity index (χ1n) is 9.31. The SMILES string of the molecule is Cc1cc(C)n(CC2CCCCN2C(=O)C2CCCN(C(N)=O)C2)n1. The smallest absolute Gasteiger partial charge is 0.314 e. The molecular formula is C18H29N5O2. The Hall–Kier alpha value is -2.05. The van der Waals surface area contributed by atoms with E-state index in [0.717, 1.165) is 56.6 Å². The van der Waals surface area contributed by atoms with Crippen LogP contribution in [0.5, 0.6) is 0 Å². The quantitative estimate of drug-likeness (QED) is 0.902. The molecule has 0 saturated carbocycles. The molecule has 2 aliphatic heterocycles. The summed E-state index contributed by atoms with van der Waals surface area (Å²) in [4.78, 5) is 28.2. The van der Waals surface area contributed by atoms with Crippen molar-refractivity contribution < 1.29 is 9.59 Å². The van der Waals surface area contributed by atoms with Crippen LogP contribution in [-0.4, -0.2) is 57.2 Å². The molecule has 0 radical (unpaired) electrons. The molecule has 0 spiro atoms. The monoisotopic (exact) mass is 347 g/mol. The van der Waals surface area contributed by atoms with Gasteiger partial charge in [0.1, 0.15) is 0 Å². The third-order valence-corrected chi connectivity index (χ3v) is 5.48. The number of piperidine rings is 2. The van der Waals surface area contributed by atoms with E-state index in [1.807, 2.05) is 16.5 Å². The van der Waals surface area contributed by atoms with Gasteiger partial charge in [0.15, 0.2) is 0 Å². The number of amides is 3. The van der Waals surface area contributed by atoms with Gasteiger partial charge in [-0.2, -0.15) is 5.10 Å². The van der Waals surface area contributed by atoms with E-state index in [0.29, 0.717) is 13.1 Å². The van der Waals surface area contributed by atoms with Crippen LogP contribution >= 0.6 is 0 Å². The van der Waals surface area contributed by atoms with Gasteiger partial charge < -0.3 is 15.5 Å². The third-order valence-electron chi connectivity index (χ3n) is 5.48. The van der Waals surface area contributed by atoms with Gasteiger partial charge in [-0.05, 0) is 52.0 Å². The number of carbonyl (C=O) groups excluding carboxylic acids is 2. The van der Waals surface area contributed by atoms with Crippen molar-refractivity contribution in [2.75, 3.05) is 19.6 Å². The standard InChI is InChI=1S/C18H29N5O2/c1-13-10-14(2)23(20-13)12-16-7-3-4-9-22(16)17(24)15-6-5-8-21(11-15)18(19)25/h10,15-16H,3-9,11-12H2,1-2H3,(H2,19,25). The second-order valence-corrected chi connectivity index (χ2v) is 7.41. The topological polar surface area (TPSA) is 84.5 Å². The lowest BCUT2D eigenvalue weighted by Gasteiger charge is -2.40. The summed E-state index contributed by atoms with van der Waals surface area (Å²) < 4.78 is 2.02. The number of primary amides is 1. The number of hydrogen-bond donors (Lipinski definition) is 1. The molecule has 138 valence electrons. The normalized spacial score (nSPS) is 24.4. The minimum atomic E-state index is -0.421. The van der Waals surface area contributed by atoms with Gasteiger partial charge in [0.05, 0.1) is 24.2 Å². The molecule has 1 aromatic rings. The number of urea groups is 1. The zero-order valence-corrected chi connectivity index (χ0v) is 15.3.